The van der Waals surface area contributed by atoms with Crippen LogP contribution in [0.1, 0.15) is 18.6 Å². The van der Waals surface area contributed by atoms with Crippen LogP contribution in [0.5, 0.6) is 0 Å². The summed E-state index contributed by atoms with van der Waals surface area (Å²) in [7, 11) is 0. The highest BCUT2D eigenvalue weighted by Crippen LogP contribution is 2.33. The maximum absolute atomic E-state index is 13.1. The first-order valence-corrected chi connectivity index (χ1v) is 6.29. The normalized spacial score (nSPS) is 12.4. The summed E-state index contributed by atoms with van der Waals surface area (Å²) in [5.74, 6) is -0.677. The molecule has 2 aromatic rings. The minimum absolute atomic E-state index is 0.297. The Bertz CT molecular complexity index is 538. The van der Waals surface area contributed by atoms with Crippen molar-refractivity contribution in [1.29, 1.82) is 0 Å². The molecule has 0 saturated carbocycles. The highest BCUT2D eigenvalue weighted by molar-refractivity contribution is 7.99. The third-order valence-electron chi connectivity index (χ3n) is 2.46. The molecular weight excluding hydrogens is 254 g/mol. The summed E-state index contributed by atoms with van der Waals surface area (Å²) in [4.78, 5) is 1.60. The molecular formula is C14H12F2OS. The lowest BCUT2D eigenvalue weighted by atomic mass is 10.1. The van der Waals surface area contributed by atoms with Crippen LogP contribution in [0.25, 0.3) is 0 Å². The summed E-state index contributed by atoms with van der Waals surface area (Å²) < 4.78 is 25.9. The van der Waals surface area contributed by atoms with Gasteiger partial charge in [-0.1, -0.05) is 11.8 Å². The Morgan fingerprint density at radius 1 is 1.00 bits per heavy atom. The van der Waals surface area contributed by atoms with Gasteiger partial charge in [-0.3, -0.25) is 0 Å². The predicted molar refractivity (Wildman–Crippen MR) is 67.6 cm³/mol. The van der Waals surface area contributed by atoms with E-state index in [4.69, 9.17) is 0 Å². The molecule has 1 nitrogen and oxygen atoms in total. The SMILES string of the molecule is CC(O)c1cc(F)ccc1Sc1ccc(F)cc1. The van der Waals surface area contributed by atoms with Crippen molar-refractivity contribution in [3.8, 4) is 0 Å². The van der Waals surface area contributed by atoms with Gasteiger partial charge in [0.1, 0.15) is 11.6 Å². The van der Waals surface area contributed by atoms with Crippen LogP contribution in [0, 0.1) is 11.6 Å². The van der Waals surface area contributed by atoms with E-state index in [1.165, 1.54) is 36.0 Å². The zero-order valence-corrected chi connectivity index (χ0v) is 10.5. The molecule has 0 aromatic heterocycles. The highest BCUT2D eigenvalue weighted by Gasteiger charge is 2.10. The number of hydrogen-bond acceptors (Lipinski definition) is 2. The van der Waals surface area contributed by atoms with Gasteiger partial charge in [-0.25, -0.2) is 8.78 Å². The summed E-state index contributed by atoms with van der Waals surface area (Å²) in [6, 6.07) is 10.3. The van der Waals surface area contributed by atoms with Gasteiger partial charge in [-0.05, 0) is 55.0 Å². The Labute approximate surface area is 108 Å². The lowest BCUT2D eigenvalue weighted by Crippen LogP contribution is -1.95. The first-order valence-electron chi connectivity index (χ1n) is 5.47. The van der Waals surface area contributed by atoms with Gasteiger partial charge >= 0.3 is 0 Å². The molecule has 0 bridgehead atoms. The van der Waals surface area contributed by atoms with E-state index < -0.39 is 6.10 Å². The van der Waals surface area contributed by atoms with Gasteiger partial charge in [0.2, 0.25) is 0 Å². The summed E-state index contributed by atoms with van der Waals surface area (Å²) in [5, 5.41) is 9.61. The van der Waals surface area contributed by atoms with E-state index in [0.29, 0.717) is 5.56 Å². The highest BCUT2D eigenvalue weighted by atomic mass is 32.2. The van der Waals surface area contributed by atoms with Gasteiger partial charge < -0.3 is 5.11 Å². The molecule has 0 aliphatic carbocycles. The summed E-state index contributed by atoms with van der Waals surface area (Å²) in [5.41, 5.74) is 0.532. The smallest absolute Gasteiger partial charge is 0.123 e. The van der Waals surface area contributed by atoms with Crippen LogP contribution in [0.15, 0.2) is 52.3 Å². The number of hydrogen-bond donors (Lipinski definition) is 1. The molecule has 18 heavy (non-hydrogen) atoms. The van der Waals surface area contributed by atoms with Crippen LogP contribution >= 0.6 is 11.8 Å². The average Bonchev–Trinajstić information content (AvgIpc) is 2.34. The Kier molecular flexibility index (Phi) is 3.99. The van der Waals surface area contributed by atoms with E-state index in [9.17, 15) is 13.9 Å². The Morgan fingerprint density at radius 2 is 1.61 bits per heavy atom. The molecule has 2 rings (SSSR count). The topological polar surface area (TPSA) is 20.2 Å². The molecule has 0 saturated heterocycles. The Hall–Kier alpha value is -1.39. The van der Waals surface area contributed by atoms with E-state index in [1.807, 2.05) is 0 Å². The van der Waals surface area contributed by atoms with Crippen LogP contribution in [0.3, 0.4) is 0 Å². The van der Waals surface area contributed by atoms with Crippen molar-refractivity contribution >= 4 is 11.8 Å². The molecule has 1 atom stereocenters. The molecule has 1 N–H and O–H groups in total. The lowest BCUT2D eigenvalue weighted by Gasteiger charge is -2.11. The second-order valence-electron chi connectivity index (χ2n) is 3.91. The number of rotatable bonds is 3. The number of halogens is 2. The number of aliphatic hydroxyl groups excluding tert-OH is 1. The van der Waals surface area contributed by atoms with Gasteiger partial charge in [0.25, 0.3) is 0 Å². The van der Waals surface area contributed by atoms with Gasteiger partial charge in [0.05, 0.1) is 6.10 Å². The van der Waals surface area contributed by atoms with E-state index in [-0.39, 0.29) is 11.6 Å². The van der Waals surface area contributed by atoms with Gasteiger partial charge in [0.15, 0.2) is 0 Å². The fourth-order valence-corrected chi connectivity index (χ4v) is 2.58. The van der Waals surface area contributed by atoms with Crippen molar-refractivity contribution in [2.75, 3.05) is 0 Å². The largest absolute Gasteiger partial charge is 0.389 e. The zero-order chi connectivity index (χ0) is 13.1. The lowest BCUT2D eigenvalue weighted by molar-refractivity contribution is 0.196. The van der Waals surface area contributed by atoms with Crippen molar-refractivity contribution in [3.63, 3.8) is 0 Å². The molecule has 4 heteroatoms. The van der Waals surface area contributed by atoms with E-state index in [2.05, 4.69) is 0 Å². The van der Waals surface area contributed by atoms with Crippen molar-refractivity contribution in [2.45, 2.75) is 22.8 Å². The van der Waals surface area contributed by atoms with Crippen molar-refractivity contribution in [1.82, 2.24) is 0 Å². The maximum Gasteiger partial charge on any atom is 0.123 e. The fourth-order valence-electron chi connectivity index (χ4n) is 1.57. The van der Waals surface area contributed by atoms with Gasteiger partial charge in [0, 0.05) is 9.79 Å². The van der Waals surface area contributed by atoms with Crippen molar-refractivity contribution in [2.24, 2.45) is 0 Å². The van der Waals surface area contributed by atoms with Crippen molar-refractivity contribution in [3.05, 3.63) is 59.7 Å². The molecule has 0 fully saturated rings. The molecule has 0 aliphatic rings. The van der Waals surface area contributed by atoms with Gasteiger partial charge in [-0.15, -0.1) is 0 Å². The molecule has 0 heterocycles. The summed E-state index contributed by atoms with van der Waals surface area (Å²) in [6.45, 7) is 1.59. The average molecular weight is 266 g/mol. The second kappa shape index (κ2) is 5.50. The molecule has 0 spiro atoms. The monoisotopic (exact) mass is 266 g/mol. The van der Waals surface area contributed by atoms with Crippen LogP contribution in [0.4, 0.5) is 8.78 Å². The first kappa shape index (κ1) is 13.1. The van der Waals surface area contributed by atoms with Gasteiger partial charge in [-0.2, -0.15) is 0 Å². The third-order valence-corrected chi connectivity index (χ3v) is 3.56. The zero-order valence-electron chi connectivity index (χ0n) is 9.73. The third kappa shape index (κ3) is 3.09. The molecule has 0 aliphatic heterocycles. The number of benzene rings is 2. The Balaban J connectivity index is 2.31. The number of aliphatic hydroxyl groups is 1. The molecule has 2 aromatic carbocycles. The fraction of sp³-hybridized carbons (Fsp3) is 0.143. The molecule has 0 amide bonds. The van der Waals surface area contributed by atoms with E-state index in [1.54, 1.807) is 25.1 Å². The first-order chi connectivity index (χ1) is 8.56. The second-order valence-corrected chi connectivity index (χ2v) is 5.03. The van der Waals surface area contributed by atoms with E-state index >= 15 is 0 Å². The van der Waals surface area contributed by atoms with Crippen molar-refractivity contribution < 1.29 is 13.9 Å². The van der Waals surface area contributed by atoms with Crippen LogP contribution < -0.4 is 0 Å². The summed E-state index contributed by atoms with van der Waals surface area (Å²) in [6.07, 6.45) is -0.747. The minimum atomic E-state index is -0.747. The molecule has 94 valence electrons. The quantitative estimate of drug-likeness (QED) is 0.899. The minimum Gasteiger partial charge on any atom is -0.389 e. The van der Waals surface area contributed by atoms with Crippen LogP contribution in [0.2, 0.25) is 0 Å². The maximum atomic E-state index is 13.1. The molecule has 1 unspecified atom stereocenters. The van der Waals surface area contributed by atoms with Crippen LogP contribution in [-0.4, -0.2) is 5.11 Å². The molecule has 0 radical (unpaired) electrons. The summed E-state index contributed by atoms with van der Waals surface area (Å²) >= 11 is 1.37. The van der Waals surface area contributed by atoms with E-state index in [0.717, 1.165) is 9.79 Å². The standard InChI is InChI=1S/C14H12F2OS/c1-9(17)13-8-11(16)4-7-14(13)18-12-5-2-10(15)3-6-12/h2-9,17H,1H3. The van der Waals surface area contributed by atoms with Crippen LogP contribution in [-0.2, 0) is 0 Å². The predicted octanol–water partition coefficient (Wildman–Crippen LogP) is 4.17. The Morgan fingerprint density at radius 3 is 2.22 bits per heavy atom.